The lowest BCUT2D eigenvalue weighted by molar-refractivity contribution is -0.122. The summed E-state index contributed by atoms with van der Waals surface area (Å²) in [5.74, 6) is -0.443. The van der Waals surface area contributed by atoms with Crippen LogP contribution in [0.3, 0.4) is 0 Å². The molecule has 0 saturated heterocycles. The van der Waals surface area contributed by atoms with Crippen LogP contribution in [0.1, 0.15) is 22.3 Å². The van der Waals surface area contributed by atoms with Gasteiger partial charge in [-0.2, -0.15) is 5.10 Å². The molecule has 0 spiro atoms. The molecule has 0 aliphatic rings. The van der Waals surface area contributed by atoms with Gasteiger partial charge in [0.1, 0.15) is 6.04 Å². The van der Waals surface area contributed by atoms with Crippen LogP contribution in [-0.4, -0.2) is 34.2 Å². The highest BCUT2D eigenvalue weighted by molar-refractivity contribution is 7.12. The summed E-state index contributed by atoms with van der Waals surface area (Å²) in [7, 11) is 0. The second-order valence-corrected chi connectivity index (χ2v) is 6.75. The van der Waals surface area contributed by atoms with Gasteiger partial charge in [-0.15, -0.1) is 11.3 Å². The first kappa shape index (κ1) is 17.9. The summed E-state index contributed by atoms with van der Waals surface area (Å²) in [5.41, 5.74) is 1.89. The van der Waals surface area contributed by atoms with Crippen molar-refractivity contribution in [1.29, 1.82) is 0 Å². The van der Waals surface area contributed by atoms with Crippen molar-refractivity contribution in [1.82, 2.24) is 20.4 Å². The van der Waals surface area contributed by atoms with Crippen LogP contribution in [0.25, 0.3) is 5.69 Å². The third kappa shape index (κ3) is 4.58. The number of aromatic nitrogens is 2. The topological polar surface area (TPSA) is 76.0 Å². The van der Waals surface area contributed by atoms with Gasteiger partial charge in [0.2, 0.25) is 5.91 Å². The van der Waals surface area contributed by atoms with E-state index in [2.05, 4.69) is 15.7 Å². The first-order valence-electron chi connectivity index (χ1n) is 8.35. The Balaban J connectivity index is 1.45. The van der Waals surface area contributed by atoms with Crippen molar-refractivity contribution < 1.29 is 9.59 Å². The van der Waals surface area contributed by atoms with Crippen LogP contribution in [0.5, 0.6) is 0 Å². The number of thiophene rings is 1. The minimum Gasteiger partial charge on any atom is -0.354 e. The van der Waals surface area contributed by atoms with E-state index < -0.39 is 6.04 Å². The number of nitrogens with zero attached hydrogens (tertiary/aromatic N) is 2. The summed E-state index contributed by atoms with van der Waals surface area (Å²) < 4.78 is 1.81. The fraction of sp³-hybridized carbons (Fsp3) is 0.211. The second kappa shape index (κ2) is 8.44. The van der Waals surface area contributed by atoms with Gasteiger partial charge in [0.25, 0.3) is 5.91 Å². The molecule has 1 atom stereocenters. The largest absolute Gasteiger partial charge is 0.354 e. The number of hydrogen-bond acceptors (Lipinski definition) is 4. The molecule has 2 amide bonds. The molecule has 2 N–H and O–H groups in total. The number of nitrogens with one attached hydrogen (secondary N) is 2. The fourth-order valence-electron chi connectivity index (χ4n) is 2.43. The number of rotatable bonds is 7. The van der Waals surface area contributed by atoms with Crippen molar-refractivity contribution in [2.45, 2.75) is 19.4 Å². The van der Waals surface area contributed by atoms with Crippen molar-refractivity contribution in [3.05, 3.63) is 70.7 Å². The van der Waals surface area contributed by atoms with Gasteiger partial charge in [0.15, 0.2) is 0 Å². The molecule has 0 unspecified atom stereocenters. The van der Waals surface area contributed by atoms with E-state index in [-0.39, 0.29) is 11.8 Å². The van der Waals surface area contributed by atoms with Gasteiger partial charge in [-0.25, -0.2) is 4.68 Å². The zero-order valence-electron chi connectivity index (χ0n) is 14.4. The van der Waals surface area contributed by atoms with E-state index in [0.29, 0.717) is 17.8 Å². The Hall–Kier alpha value is -2.93. The molecule has 0 aliphatic carbocycles. The summed E-state index contributed by atoms with van der Waals surface area (Å²) in [6.45, 7) is 2.13. The molecule has 3 rings (SSSR count). The van der Waals surface area contributed by atoms with Gasteiger partial charge in [-0.05, 0) is 36.6 Å². The Morgan fingerprint density at radius 1 is 1.15 bits per heavy atom. The Kier molecular flexibility index (Phi) is 5.80. The Labute approximate surface area is 155 Å². The van der Waals surface area contributed by atoms with Crippen molar-refractivity contribution in [2.24, 2.45) is 0 Å². The molecule has 1 aromatic carbocycles. The SMILES string of the molecule is C[C@@H](NC(=O)c1cccs1)C(=O)NCCc1ccn(-c2ccccc2)n1. The van der Waals surface area contributed by atoms with Gasteiger partial charge in [0, 0.05) is 19.2 Å². The van der Waals surface area contributed by atoms with Crippen LogP contribution in [0.4, 0.5) is 0 Å². The summed E-state index contributed by atoms with van der Waals surface area (Å²) in [4.78, 5) is 24.7. The van der Waals surface area contributed by atoms with E-state index in [1.54, 1.807) is 23.7 Å². The normalized spacial score (nSPS) is 11.7. The zero-order chi connectivity index (χ0) is 18.4. The fourth-order valence-corrected chi connectivity index (χ4v) is 3.05. The van der Waals surface area contributed by atoms with Crippen LogP contribution in [0.15, 0.2) is 60.1 Å². The molecule has 3 aromatic rings. The van der Waals surface area contributed by atoms with E-state index in [9.17, 15) is 9.59 Å². The smallest absolute Gasteiger partial charge is 0.261 e. The molecule has 0 saturated carbocycles. The van der Waals surface area contributed by atoms with Gasteiger partial charge in [-0.3, -0.25) is 9.59 Å². The second-order valence-electron chi connectivity index (χ2n) is 5.80. The van der Waals surface area contributed by atoms with Crippen LogP contribution < -0.4 is 10.6 Å². The maximum atomic E-state index is 12.1. The first-order valence-corrected chi connectivity index (χ1v) is 9.23. The molecular weight excluding hydrogens is 348 g/mol. The quantitative estimate of drug-likeness (QED) is 0.672. The molecule has 2 aromatic heterocycles. The van der Waals surface area contributed by atoms with Crippen molar-refractivity contribution in [3.63, 3.8) is 0 Å². The minimum atomic E-state index is -0.591. The van der Waals surface area contributed by atoms with Crippen molar-refractivity contribution >= 4 is 23.2 Å². The van der Waals surface area contributed by atoms with Gasteiger partial charge in [-0.1, -0.05) is 24.3 Å². The average molecular weight is 368 g/mol. The lowest BCUT2D eigenvalue weighted by atomic mass is 10.2. The number of amides is 2. The molecule has 0 radical (unpaired) electrons. The lowest BCUT2D eigenvalue weighted by Gasteiger charge is -2.13. The summed E-state index contributed by atoms with van der Waals surface area (Å²) in [6, 6.07) is 14.7. The van der Waals surface area contributed by atoms with E-state index >= 15 is 0 Å². The van der Waals surface area contributed by atoms with Gasteiger partial charge >= 0.3 is 0 Å². The van der Waals surface area contributed by atoms with Crippen LogP contribution >= 0.6 is 11.3 Å². The maximum absolute atomic E-state index is 12.1. The van der Waals surface area contributed by atoms with E-state index in [1.165, 1.54) is 11.3 Å². The van der Waals surface area contributed by atoms with E-state index in [4.69, 9.17) is 0 Å². The van der Waals surface area contributed by atoms with Crippen molar-refractivity contribution in [3.8, 4) is 5.69 Å². The molecule has 0 fully saturated rings. The van der Waals surface area contributed by atoms with Crippen LogP contribution in [-0.2, 0) is 11.2 Å². The van der Waals surface area contributed by atoms with E-state index in [0.717, 1.165) is 11.4 Å². The van der Waals surface area contributed by atoms with Crippen LogP contribution in [0.2, 0.25) is 0 Å². The molecular formula is C19H20N4O2S. The molecule has 2 heterocycles. The predicted octanol–water partition coefficient (Wildman–Crippen LogP) is 2.41. The Morgan fingerprint density at radius 3 is 2.69 bits per heavy atom. The molecule has 0 bridgehead atoms. The summed E-state index contributed by atoms with van der Waals surface area (Å²) >= 11 is 1.35. The summed E-state index contributed by atoms with van der Waals surface area (Å²) in [6.07, 6.45) is 2.52. The van der Waals surface area contributed by atoms with Crippen molar-refractivity contribution in [2.75, 3.05) is 6.54 Å². The average Bonchev–Trinajstić information content (AvgIpc) is 3.34. The molecule has 134 valence electrons. The highest BCUT2D eigenvalue weighted by Crippen LogP contribution is 2.08. The number of carbonyl (C=O) groups is 2. The van der Waals surface area contributed by atoms with Crippen LogP contribution in [0, 0.1) is 0 Å². The third-order valence-electron chi connectivity index (χ3n) is 3.83. The minimum absolute atomic E-state index is 0.211. The summed E-state index contributed by atoms with van der Waals surface area (Å²) in [5, 5.41) is 11.9. The Morgan fingerprint density at radius 2 is 1.96 bits per heavy atom. The van der Waals surface area contributed by atoms with E-state index in [1.807, 2.05) is 48.0 Å². The standard InChI is InChI=1S/C19H20N4O2S/c1-14(21-19(25)17-8-5-13-26-17)18(24)20-11-9-15-10-12-23(22-15)16-6-3-2-4-7-16/h2-8,10,12-14H,9,11H2,1H3,(H,20,24)(H,21,25)/t14-/m1/s1. The predicted molar refractivity (Wildman–Crippen MR) is 102 cm³/mol. The third-order valence-corrected chi connectivity index (χ3v) is 4.70. The van der Waals surface area contributed by atoms with Gasteiger partial charge < -0.3 is 10.6 Å². The molecule has 6 nitrogen and oxygen atoms in total. The number of benzene rings is 1. The zero-order valence-corrected chi connectivity index (χ0v) is 15.2. The monoisotopic (exact) mass is 368 g/mol. The van der Waals surface area contributed by atoms with Gasteiger partial charge in [0.05, 0.1) is 16.3 Å². The number of hydrogen-bond donors (Lipinski definition) is 2. The Bertz CT molecular complexity index is 859. The molecule has 0 aliphatic heterocycles. The number of carbonyl (C=O) groups excluding carboxylic acids is 2. The molecule has 7 heteroatoms. The lowest BCUT2D eigenvalue weighted by Crippen LogP contribution is -2.45. The number of para-hydroxylation sites is 1. The highest BCUT2D eigenvalue weighted by Gasteiger charge is 2.16. The maximum Gasteiger partial charge on any atom is 0.261 e. The highest BCUT2D eigenvalue weighted by atomic mass is 32.1. The molecule has 26 heavy (non-hydrogen) atoms. The first-order chi connectivity index (χ1) is 12.6.